The fourth-order valence-corrected chi connectivity index (χ4v) is 4.81. The van der Waals surface area contributed by atoms with Crippen LogP contribution in [0.4, 0.5) is 0 Å². The highest BCUT2D eigenvalue weighted by Crippen LogP contribution is 2.28. The molecule has 0 saturated carbocycles. The molecule has 0 fully saturated rings. The molecule has 1 aromatic rings. The average Bonchev–Trinajstić information content (AvgIpc) is 2.13. The molecule has 0 amide bonds. The molecule has 0 nitrogen and oxygen atoms in total. The van der Waals surface area contributed by atoms with Crippen LogP contribution in [0.25, 0.3) is 0 Å². The first-order chi connectivity index (χ1) is 6.92. The van der Waals surface area contributed by atoms with Gasteiger partial charge < -0.3 is 0 Å². The Morgan fingerprint density at radius 3 is 2.40 bits per heavy atom. The number of hydrogen-bond acceptors (Lipinski definition) is 0. The summed E-state index contributed by atoms with van der Waals surface area (Å²) in [6, 6.07) is 10.3. The van der Waals surface area contributed by atoms with Gasteiger partial charge in [0.15, 0.2) is 0 Å². The van der Waals surface area contributed by atoms with Crippen LogP contribution >= 0.6 is 15.9 Å². The van der Waals surface area contributed by atoms with Crippen molar-refractivity contribution in [2.24, 2.45) is 0 Å². The summed E-state index contributed by atoms with van der Waals surface area (Å²) in [5, 5.41) is 1.08. The summed E-state index contributed by atoms with van der Waals surface area (Å²) in [5.41, 5.74) is 2.86. The lowest BCUT2D eigenvalue weighted by molar-refractivity contribution is 0.863. The molecule has 15 heavy (non-hydrogen) atoms. The minimum absolute atomic E-state index is 0.691. The van der Waals surface area contributed by atoms with Gasteiger partial charge in [0.05, 0.1) is 0 Å². The van der Waals surface area contributed by atoms with E-state index in [1.54, 1.807) is 0 Å². The lowest BCUT2D eigenvalue weighted by Gasteiger charge is -2.23. The van der Waals surface area contributed by atoms with Crippen LogP contribution in [0.2, 0.25) is 25.7 Å². The van der Waals surface area contributed by atoms with Crippen LogP contribution in [0, 0.1) is 6.92 Å². The van der Waals surface area contributed by atoms with Gasteiger partial charge >= 0.3 is 0 Å². The first-order valence-electron chi connectivity index (χ1n) is 5.55. The van der Waals surface area contributed by atoms with Gasteiger partial charge in [0.25, 0.3) is 0 Å². The van der Waals surface area contributed by atoms with Crippen molar-refractivity contribution in [2.45, 2.75) is 38.5 Å². The molecule has 0 heterocycles. The second kappa shape index (κ2) is 5.31. The minimum Gasteiger partial charge on any atom is -0.0922 e. The van der Waals surface area contributed by atoms with Gasteiger partial charge in [-0.15, -0.1) is 0 Å². The van der Waals surface area contributed by atoms with Gasteiger partial charge in [0.1, 0.15) is 0 Å². The van der Waals surface area contributed by atoms with Gasteiger partial charge in [-0.3, -0.25) is 0 Å². The summed E-state index contributed by atoms with van der Waals surface area (Å²) in [5.74, 6) is 0.691. The normalized spacial score (nSPS) is 13.9. The third kappa shape index (κ3) is 4.52. The van der Waals surface area contributed by atoms with Gasteiger partial charge in [0.2, 0.25) is 0 Å². The van der Waals surface area contributed by atoms with E-state index in [0.717, 1.165) is 5.33 Å². The average molecular weight is 285 g/mol. The molecule has 0 N–H and O–H groups in total. The van der Waals surface area contributed by atoms with E-state index in [-0.39, 0.29) is 0 Å². The minimum atomic E-state index is -0.971. The quantitative estimate of drug-likeness (QED) is 0.550. The van der Waals surface area contributed by atoms with E-state index in [9.17, 15) is 0 Å². The number of rotatable bonds is 4. The van der Waals surface area contributed by atoms with Crippen LogP contribution < -0.4 is 0 Å². The lowest BCUT2D eigenvalue weighted by Crippen LogP contribution is -2.23. The van der Waals surface area contributed by atoms with Crippen molar-refractivity contribution in [1.82, 2.24) is 0 Å². The fraction of sp³-hybridized carbons (Fsp3) is 0.538. The molecule has 84 valence electrons. The zero-order chi connectivity index (χ0) is 11.5. The number of hydrogen-bond donors (Lipinski definition) is 0. The molecular formula is C13H21BrSi. The van der Waals surface area contributed by atoms with Crippen molar-refractivity contribution >= 4 is 24.0 Å². The van der Waals surface area contributed by atoms with E-state index < -0.39 is 8.07 Å². The van der Waals surface area contributed by atoms with Crippen LogP contribution in [0.15, 0.2) is 24.3 Å². The Morgan fingerprint density at radius 1 is 1.27 bits per heavy atom. The van der Waals surface area contributed by atoms with Crippen LogP contribution in [-0.2, 0) is 0 Å². The summed E-state index contributed by atoms with van der Waals surface area (Å²) >= 11 is 3.65. The Hall–Kier alpha value is -0.0831. The number of alkyl halides is 1. The summed E-state index contributed by atoms with van der Waals surface area (Å²) < 4.78 is 0. The van der Waals surface area contributed by atoms with Crippen molar-refractivity contribution in [1.29, 1.82) is 0 Å². The molecule has 1 aromatic carbocycles. The van der Waals surface area contributed by atoms with Crippen LogP contribution in [0.3, 0.4) is 0 Å². The Bertz CT molecular complexity index is 315. The molecular weight excluding hydrogens is 264 g/mol. The predicted molar refractivity (Wildman–Crippen MR) is 75.9 cm³/mol. The third-order valence-electron chi connectivity index (χ3n) is 2.56. The van der Waals surface area contributed by atoms with Crippen molar-refractivity contribution in [3.05, 3.63) is 35.4 Å². The summed E-state index contributed by atoms with van der Waals surface area (Å²) in [4.78, 5) is 0. The molecule has 0 saturated heterocycles. The molecule has 0 aromatic heterocycles. The van der Waals surface area contributed by atoms with Gasteiger partial charge in [-0.2, -0.15) is 0 Å². The largest absolute Gasteiger partial charge is 0.0922 e. The Kier molecular flexibility index (Phi) is 4.59. The SMILES string of the molecule is Cc1cccc(C(CBr)C[Si](C)(C)C)c1. The summed E-state index contributed by atoms with van der Waals surface area (Å²) in [6.45, 7) is 9.50. The molecule has 0 aliphatic carbocycles. The highest BCUT2D eigenvalue weighted by molar-refractivity contribution is 9.09. The number of aryl methyl sites for hydroxylation is 1. The van der Waals surface area contributed by atoms with Gasteiger partial charge in [-0.25, -0.2) is 0 Å². The number of benzene rings is 1. The molecule has 0 aliphatic rings. The molecule has 1 unspecified atom stereocenters. The maximum Gasteiger partial charge on any atom is 0.0449 e. The summed E-state index contributed by atoms with van der Waals surface area (Å²) in [6.07, 6.45) is 0. The van der Waals surface area contributed by atoms with Gasteiger partial charge in [-0.1, -0.05) is 65.4 Å². The zero-order valence-electron chi connectivity index (χ0n) is 10.2. The van der Waals surface area contributed by atoms with E-state index >= 15 is 0 Å². The predicted octanol–water partition coefficient (Wildman–Crippen LogP) is 4.81. The monoisotopic (exact) mass is 284 g/mol. The highest BCUT2D eigenvalue weighted by Gasteiger charge is 2.20. The molecule has 1 atom stereocenters. The molecule has 1 rings (SSSR count). The van der Waals surface area contributed by atoms with E-state index in [2.05, 4.69) is 66.8 Å². The maximum absolute atomic E-state index is 3.65. The smallest absolute Gasteiger partial charge is 0.0449 e. The molecule has 0 radical (unpaired) electrons. The van der Waals surface area contributed by atoms with Crippen LogP contribution in [-0.4, -0.2) is 13.4 Å². The molecule has 0 bridgehead atoms. The lowest BCUT2D eigenvalue weighted by atomic mass is 10.0. The Balaban J connectivity index is 2.83. The van der Waals surface area contributed by atoms with E-state index in [1.165, 1.54) is 17.2 Å². The summed E-state index contributed by atoms with van der Waals surface area (Å²) in [7, 11) is -0.971. The van der Waals surface area contributed by atoms with Crippen LogP contribution in [0.1, 0.15) is 17.0 Å². The van der Waals surface area contributed by atoms with Crippen molar-refractivity contribution in [3.63, 3.8) is 0 Å². The Morgan fingerprint density at radius 2 is 1.93 bits per heavy atom. The second-order valence-corrected chi connectivity index (χ2v) is 11.7. The van der Waals surface area contributed by atoms with Crippen molar-refractivity contribution in [2.75, 3.05) is 5.33 Å². The third-order valence-corrected chi connectivity index (χ3v) is 5.06. The first-order valence-corrected chi connectivity index (χ1v) is 10.4. The maximum atomic E-state index is 3.65. The van der Waals surface area contributed by atoms with E-state index in [1.807, 2.05) is 0 Å². The number of halogens is 1. The first kappa shape index (κ1) is 13.0. The molecule has 0 aliphatic heterocycles. The molecule has 0 spiro atoms. The van der Waals surface area contributed by atoms with E-state index in [0.29, 0.717) is 5.92 Å². The highest BCUT2D eigenvalue weighted by atomic mass is 79.9. The van der Waals surface area contributed by atoms with Gasteiger partial charge in [-0.05, 0) is 24.4 Å². The van der Waals surface area contributed by atoms with E-state index in [4.69, 9.17) is 0 Å². The topological polar surface area (TPSA) is 0 Å². The zero-order valence-corrected chi connectivity index (χ0v) is 12.8. The fourth-order valence-electron chi connectivity index (χ4n) is 1.92. The van der Waals surface area contributed by atoms with Crippen molar-refractivity contribution < 1.29 is 0 Å². The van der Waals surface area contributed by atoms with Crippen LogP contribution in [0.5, 0.6) is 0 Å². The molecule has 2 heteroatoms. The van der Waals surface area contributed by atoms with Gasteiger partial charge in [0, 0.05) is 13.4 Å². The Labute approximate surface area is 103 Å². The standard InChI is InChI=1S/C13H21BrSi/c1-11-6-5-7-12(8-11)13(9-14)10-15(2,3)4/h5-8,13H,9-10H2,1-4H3. The van der Waals surface area contributed by atoms with Crippen molar-refractivity contribution in [3.8, 4) is 0 Å². The second-order valence-electron chi connectivity index (χ2n) is 5.53.